The molecule has 0 N–H and O–H groups in total. The highest BCUT2D eigenvalue weighted by Crippen LogP contribution is 2.30. The van der Waals surface area contributed by atoms with Gasteiger partial charge in [0.15, 0.2) is 0 Å². The van der Waals surface area contributed by atoms with Crippen molar-refractivity contribution in [2.24, 2.45) is 11.3 Å². The fourth-order valence-corrected chi connectivity index (χ4v) is 3.20. The van der Waals surface area contributed by atoms with Crippen LogP contribution in [0.5, 0.6) is 0 Å². The van der Waals surface area contributed by atoms with Crippen LogP contribution in [0.15, 0.2) is 0 Å². The molecule has 1 aliphatic rings. The first-order valence-corrected chi connectivity index (χ1v) is 7.46. The maximum Gasteiger partial charge on any atom is 0.211 e. The Bertz CT molecular complexity index is 381. The predicted octanol–water partition coefficient (Wildman–Crippen LogP) is 1.60. The Labute approximate surface area is 98.3 Å². The summed E-state index contributed by atoms with van der Waals surface area (Å²) >= 11 is 0. The summed E-state index contributed by atoms with van der Waals surface area (Å²) in [4.78, 5) is 0. The molecule has 0 aromatic rings. The Morgan fingerprint density at radius 1 is 1.50 bits per heavy atom. The van der Waals surface area contributed by atoms with Crippen molar-refractivity contribution >= 4 is 10.0 Å². The average molecular weight is 244 g/mol. The third-order valence-corrected chi connectivity index (χ3v) is 4.32. The van der Waals surface area contributed by atoms with Gasteiger partial charge in [0.2, 0.25) is 10.0 Å². The topological polar surface area (TPSA) is 61.2 Å². The highest BCUT2D eigenvalue weighted by molar-refractivity contribution is 7.88. The third-order valence-electron chi connectivity index (χ3n) is 3.05. The van der Waals surface area contributed by atoms with Crippen LogP contribution in [0, 0.1) is 22.7 Å². The normalized spacial score (nSPS) is 24.0. The summed E-state index contributed by atoms with van der Waals surface area (Å²) in [5.74, 6) is 0.318. The second kappa shape index (κ2) is 4.72. The molecule has 0 bridgehead atoms. The van der Waals surface area contributed by atoms with Crippen molar-refractivity contribution < 1.29 is 8.42 Å². The van der Waals surface area contributed by atoms with E-state index < -0.39 is 10.0 Å². The molecular formula is C11H20N2O2S. The lowest BCUT2D eigenvalue weighted by molar-refractivity contribution is 0.219. The monoisotopic (exact) mass is 244 g/mol. The van der Waals surface area contributed by atoms with Gasteiger partial charge in [-0.1, -0.05) is 0 Å². The molecule has 0 radical (unpaired) electrons. The zero-order chi connectivity index (χ0) is 12.4. The van der Waals surface area contributed by atoms with E-state index in [1.54, 1.807) is 0 Å². The van der Waals surface area contributed by atoms with Crippen LogP contribution in [0.3, 0.4) is 0 Å². The smallest absolute Gasteiger partial charge is 0.211 e. The Kier molecular flexibility index (Phi) is 3.97. The molecular weight excluding hydrogens is 224 g/mol. The minimum absolute atomic E-state index is 0.318. The van der Waals surface area contributed by atoms with Crippen LogP contribution in [-0.2, 0) is 10.0 Å². The molecule has 1 aliphatic heterocycles. The van der Waals surface area contributed by atoms with E-state index in [1.165, 1.54) is 10.6 Å². The average Bonchev–Trinajstić information content (AvgIpc) is 2.16. The molecule has 5 heteroatoms. The first-order chi connectivity index (χ1) is 7.24. The van der Waals surface area contributed by atoms with Gasteiger partial charge in [-0.25, -0.2) is 12.7 Å². The summed E-state index contributed by atoms with van der Waals surface area (Å²) in [6.45, 7) is 5.02. The Hall–Kier alpha value is -0.600. The van der Waals surface area contributed by atoms with Gasteiger partial charge in [-0.15, -0.1) is 0 Å². The SMILES string of the molecule is CC(C)(C#N)CC1CCCN(S(C)(=O)=O)C1. The minimum Gasteiger partial charge on any atom is -0.213 e. The van der Waals surface area contributed by atoms with Crippen molar-refractivity contribution in [1.29, 1.82) is 5.26 Å². The number of hydrogen-bond donors (Lipinski definition) is 0. The molecule has 0 aromatic carbocycles. The van der Waals surface area contributed by atoms with Crippen LogP contribution < -0.4 is 0 Å². The molecule has 16 heavy (non-hydrogen) atoms. The van der Waals surface area contributed by atoms with Gasteiger partial charge in [-0.05, 0) is 39.0 Å². The van der Waals surface area contributed by atoms with E-state index in [2.05, 4.69) is 6.07 Å². The molecule has 1 fully saturated rings. The summed E-state index contributed by atoms with van der Waals surface area (Å²) < 4.78 is 24.4. The third kappa shape index (κ3) is 3.76. The maximum absolute atomic E-state index is 11.4. The van der Waals surface area contributed by atoms with Gasteiger partial charge >= 0.3 is 0 Å². The first-order valence-electron chi connectivity index (χ1n) is 5.61. The van der Waals surface area contributed by atoms with E-state index in [0.717, 1.165) is 19.3 Å². The predicted molar refractivity (Wildman–Crippen MR) is 63.2 cm³/mol. The van der Waals surface area contributed by atoms with Crippen molar-refractivity contribution in [3.8, 4) is 6.07 Å². The highest BCUT2D eigenvalue weighted by Gasteiger charge is 2.30. The summed E-state index contributed by atoms with van der Waals surface area (Å²) in [6, 6.07) is 2.27. The van der Waals surface area contributed by atoms with Gasteiger partial charge in [0.05, 0.1) is 17.7 Å². The number of sulfonamides is 1. The zero-order valence-corrected chi connectivity index (χ0v) is 11.0. The van der Waals surface area contributed by atoms with Gasteiger partial charge in [-0.3, -0.25) is 0 Å². The number of nitrogens with zero attached hydrogens (tertiary/aromatic N) is 2. The summed E-state index contributed by atoms with van der Waals surface area (Å²) in [6.07, 6.45) is 3.96. The fourth-order valence-electron chi connectivity index (χ4n) is 2.26. The molecule has 0 aliphatic carbocycles. The fraction of sp³-hybridized carbons (Fsp3) is 0.909. The second-order valence-corrected chi connectivity index (χ2v) is 7.31. The number of rotatable bonds is 3. The highest BCUT2D eigenvalue weighted by atomic mass is 32.2. The van der Waals surface area contributed by atoms with E-state index in [4.69, 9.17) is 5.26 Å². The first kappa shape index (κ1) is 13.5. The van der Waals surface area contributed by atoms with Gasteiger partial charge in [0.1, 0.15) is 0 Å². The molecule has 0 amide bonds. The van der Waals surface area contributed by atoms with Crippen LogP contribution in [0.25, 0.3) is 0 Å². The van der Waals surface area contributed by atoms with Crippen molar-refractivity contribution in [1.82, 2.24) is 4.31 Å². The van der Waals surface area contributed by atoms with Crippen LogP contribution >= 0.6 is 0 Å². The Balaban J connectivity index is 2.63. The lowest BCUT2D eigenvalue weighted by Gasteiger charge is -2.33. The lowest BCUT2D eigenvalue weighted by Crippen LogP contribution is -2.40. The lowest BCUT2D eigenvalue weighted by atomic mass is 9.81. The van der Waals surface area contributed by atoms with Gasteiger partial charge in [0.25, 0.3) is 0 Å². The van der Waals surface area contributed by atoms with Crippen molar-refractivity contribution in [2.75, 3.05) is 19.3 Å². The molecule has 4 nitrogen and oxygen atoms in total. The van der Waals surface area contributed by atoms with Crippen LogP contribution in [-0.4, -0.2) is 32.1 Å². The van der Waals surface area contributed by atoms with Gasteiger partial charge in [0, 0.05) is 13.1 Å². The van der Waals surface area contributed by atoms with E-state index in [-0.39, 0.29) is 5.41 Å². The zero-order valence-electron chi connectivity index (χ0n) is 10.2. The van der Waals surface area contributed by atoms with E-state index in [1.807, 2.05) is 13.8 Å². The summed E-state index contributed by atoms with van der Waals surface area (Å²) in [5.41, 5.74) is -0.356. The largest absolute Gasteiger partial charge is 0.213 e. The van der Waals surface area contributed by atoms with Gasteiger partial charge < -0.3 is 0 Å². The quantitative estimate of drug-likeness (QED) is 0.757. The molecule has 1 heterocycles. The summed E-state index contributed by atoms with van der Waals surface area (Å²) in [7, 11) is -3.07. The standard InChI is InChI=1S/C11H20N2O2S/c1-11(2,9-12)7-10-5-4-6-13(8-10)16(3,14)15/h10H,4-8H2,1-3H3. The van der Waals surface area contributed by atoms with Crippen molar-refractivity contribution in [3.63, 3.8) is 0 Å². The molecule has 92 valence electrons. The molecule has 1 unspecified atom stereocenters. The minimum atomic E-state index is -3.07. The second-order valence-electron chi connectivity index (χ2n) is 5.33. The molecule has 1 atom stereocenters. The van der Waals surface area contributed by atoms with E-state index in [0.29, 0.717) is 19.0 Å². The Morgan fingerprint density at radius 2 is 2.12 bits per heavy atom. The molecule has 0 spiro atoms. The van der Waals surface area contributed by atoms with E-state index in [9.17, 15) is 8.42 Å². The van der Waals surface area contributed by atoms with Crippen LogP contribution in [0.4, 0.5) is 0 Å². The van der Waals surface area contributed by atoms with Crippen molar-refractivity contribution in [3.05, 3.63) is 0 Å². The van der Waals surface area contributed by atoms with E-state index >= 15 is 0 Å². The van der Waals surface area contributed by atoms with Gasteiger partial charge in [-0.2, -0.15) is 5.26 Å². The number of hydrogen-bond acceptors (Lipinski definition) is 3. The maximum atomic E-state index is 11.4. The molecule has 1 rings (SSSR count). The molecule has 0 saturated carbocycles. The molecule has 0 aromatic heterocycles. The number of nitriles is 1. The van der Waals surface area contributed by atoms with Crippen molar-refractivity contribution in [2.45, 2.75) is 33.1 Å². The Morgan fingerprint density at radius 3 is 2.62 bits per heavy atom. The molecule has 1 saturated heterocycles. The number of piperidine rings is 1. The van der Waals surface area contributed by atoms with Crippen LogP contribution in [0.2, 0.25) is 0 Å². The summed E-state index contributed by atoms with van der Waals surface area (Å²) in [5, 5.41) is 8.97. The van der Waals surface area contributed by atoms with Crippen LogP contribution in [0.1, 0.15) is 33.1 Å².